The molecule has 0 atom stereocenters. The molecule has 10 nitrogen and oxygen atoms in total. The van der Waals surface area contributed by atoms with E-state index in [9.17, 15) is 18.8 Å². The Morgan fingerprint density at radius 2 is 1.71 bits per heavy atom. The number of aromatic nitrogens is 3. The average molecular weight is 517 g/mol. The number of rotatable bonds is 8. The van der Waals surface area contributed by atoms with Gasteiger partial charge in [-0.15, -0.1) is 5.10 Å². The molecule has 4 aromatic rings. The maximum absolute atomic E-state index is 14.8. The molecule has 2 aromatic carbocycles. The van der Waals surface area contributed by atoms with Gasteiger partial charge < -0.3 is 20.7 Å². The summed E-state index contributed by atoms with van der Waals surface area (Å²) in [4.78, 5) is 41.7. The largest absolute Gasteiger partial charge is 0.437 e. The summed E-state index contributed by atoms with van der Waals surface area (Å²) in [5.74, 6) is -1.25. The van der Waals surface area contributed by atoms with Crippen LogP contribution in [0.25, 0.3) is 5.65 Å². The highest BCUT2D eigenvalue weighted by Crippen LogP contribution is 2.30. The standard InChI is InChI=1S/C27H25FN6O4/c1-27(2,25(36)29-17-6-4-3-5-7-17)26(37)30-20-11-10-18(14-19(20)28)38-23-13-12-22-31-21(15-34(22)33-23)32-24(35)16-8-9-16/h3-7,10-16H,8-9H2,1-2H3,(H,29,36)(H,30,37)(H,32,35). The van der Waals surface area contributed by atoms with Crippen molar-refractivity contribution in [2.75, 3.05) is 16.0 Å². The first-order valence-electron chi connectivity index (χ1n) is 12.0. The summed E-state index contributed by atoms with van der Waals surface area (Å²) < 4.78 is 21.9. The Morgan fingerprint density at radius 1 is 0.974 bits per heavy atom. The van der Waals surface area contributed by atoms with Gasteiger partial charge in [0.1, 0.15) is 17.0 Å². The summed E-state index contributed by atoms with van der Waals surface area (Å²) in [5.41, 5.74) is -0.519. The van der Waals surface area contributed by atoms with E-state index in [0.29, 0.717) is 17.2 Å². The normalized spacial score (nSPS) is 13.1. The van der Waals surface area contributed by atoms with E-state index < -0.39 is 23.0 Å². The molecule has 0 bridgehead atoms. The van der Waals surface area contributed by atoms with Crippen molar-refractivity contribution in [1.29, 1.82) is 0 Å². The van der Waals surface area contributed by atoms with Gasteiger partial charge in [0, 0.05) is 23.7 Å². The minimum absolute atomic E-state index is 0.0480. The third-order valence-corrected chi connectivity index (χ3v) is 6.07. The predicted octanol–water partition coefficient (Wildman–Crippen LogP) is 4.61. The number of anilines is 3. The minimum Gasteiger partial charge on any atom is -0.437 e. The van der Waals surface area contributed by atoms with Gasteiger partial charge in [-0.25, -0.2) is 13.9 Å². The van der Waals surface area contributed by atoms with Crippen molar-refractivity contribution in [3.05, 3.63) is 72.7 Å². The van der Waals surface area contributed by atoms with Crippen LogP contribution in [0.3, 0.4) is 0 Å². The van der Waals surface area contributed by atoms with Gasteiger partial charge in [0.2, 0.25) is 23.6 Å². The van der Waals surface area contributed by atoms with Gasteiger partial charge in [-0.05, 0) is 57.0 Å². The molecule has 2 heterocycles. The predicted molar refractivity (Wildman–Crippen MR) is 138 cm³/mol. The molecule has 11 heteroatoms. The van der Waals surface area contributed by atoms with Crippen LogP contribution in [-0.2, 0) is 14.4 Å². The van der Waals surface area contributed by atoms with E-state index in [1.807, 2.05) is 6.07 Å². The molecule has 1 aliphatic carbocycles. The van der Waals surface area contributed by atoms with Gasteiger partial charge in [-0.1, -0.05) is 18.2 Å². The van der Waals surface area contributed by atoms with Crippen LogP contribution in [-0.4, -0.2) is 32.3 Å². The lowest BCUT2D eigenvalue weighted by atomic mass is 9.90. The van der Waals surface area contributed by atoms with Gasteiger partial charge >= 0.3 is 0 Å². The Kier molecular flexibility index (Phi) is 6.50. The van der Waals surface area contributed by atoms with Gasteiger partial charge in [0.05, 0.1) is 11.9 Å². The number of hydrogen-bond donors (Lipinski definition) is 3. The van der Waals surface area contributed by atoms with E-state index in [-0.39, 0.29) is 29.1 Å². The second kappa shape index (κ2) is 9.92. The van der Waals surface area contributed by atoms with Crippen LogP contribution < -0.4 is 20.7 Å². The smallest absolute Gasteiger partial charge is 0.239 e. The lowest BCUT2D eigenvalue weighted by Crippen LogP contribution is -2.41. The summed E-state index contributed by atoms with van der Waals surface area (Å²) in [5, 5.41) is 12.2. The van der Waals surface area contributed by atoms with Gasteiger partial charge in [0.15, 0.2) is 11.5 Å². The summed E-state index contributed by atoms with van der Waals surface area (Å²) in [7, 11) is 0. The molecule has 3 amide bonds. The number of carbonyl (C=O) groups is 3. The minimum atomic E-state index is -1.47. The number of para-hydroxylation sites is 1. The number of nitrogens with zero attached hydrogens (tertiary/aromatic N) is 3. The van der Waals surface area contributed by atoms with Crippen molar-refractivity contribution in [2.24, 2.45) is 11.3 Å². The Balaban J connectivity index is 1.23. The molecule has 0 saturated heterocycles. The van der Waals surface area contributed by atoms with Crippen LogP contribution >= 0.6 is 0 Å². The molecule has 1 fully saturated rings. The van der Waals surface area contributed by atoms with E-state index in [4.69, 9.17) is 4.74 Å². The van der Waals surface area contributed by atoms with Crippen LogP contribution in [0.15, 0.2) is 66.9 Å². The molecule has 1 aliphatic rings. The molecule has 5 rings (SSSR count). The summed E-state index contributed by atoms with van der Waals surface area (Å²) >= 11 is 0. The zero-order valence-electron chi connectivity index (χ0n) is 20.7. The highest BCUT2D eigenvalue weighted by molar-refractivity contribution is 6.14. The lowest BCUT2D eigenvalue weighted by molar-refractivity contribution is -0.135. The number of amides is 3. The number of halogens is 1. The van der Waals surface area contributed by atoms with Crippen molar-refractivity contribution >= 4 is 40.6 Å². The zero-order valence-corrected chi connectivity index (χ0v) is 20.7. The van der Waals surface area contributed by atoms with E-state index in [1.54, 1.807) is 42.6 Å². The van der Waals surface area contributed by atoms with Gasteiger partial charge in [0.25, 0.3) is 0 Å². The molecule has 2 aromatic heterocycles. The van der Waals surface area contributed by atoms with E-state index >= 15 is 0 Å². The Labute approximate surface area is 217 Å². The monoisotopic (exact) mass is 516 g/mol. The molecular weight excluding hydrogens is 491 g/mol. The van der Waals surface area contributed by atoms with Crippen molar-refractivity contribution in [1.82, 2.24) is 14.6 Å². The summed E-state index contributed by atoms with van der Waals surface area (Å²) in [6, 6.07) is 15.9. The Bertz CT molecular complexity index is 1530. The molecule has 0 unspecified atom stereocenters. The Hall–Kier alpha value is -4.80. The number of hydrogen-bond acceptors (Lipinski definition) is 6. The lowest BCUT2D eigenvalue weighted by Gasteiger charge is -2.23. The number of nitrogens with one attached hydrogen (secondary N) is 3. The SMILES string of the molecule is CC(C)(C(=O)Nc1ccccc1)C(=O)Nc1ccc(Oc2ccc3nc(NC(=O)C4CC4)cn3n2)cc1F. The molecule has 194 valence electrons. The van der Waals surface area contributed by atoms with Crippen LogP contribution in [0, 0.1) is 17.2 Å². The summed E-state index contributed by atoms with van der Waals surface area (Å²) in [6.45, 7) is 2.91. The van der Waals surface area contributed by atoms with E-state index in [2.05, 4.69) is 26.0 Å². The van der Waals surface area contributed by atoms with Crippen LogP contribution in [0.2, 0.25) is 0 Å². The first-order chi connectivity index (χ1) is 18.2. The van der Waals surface area contributed by atoms with Crippen LogP contribution in [0.1, 0.15) is 26.7 Å². The Morgan fingerprint density at radius 3 is 2.42 bits per heavy atom. The van der Waals surface area contributed by atoms with Crippen molar-refractivity contribution < 1.29 is 23.5 Å². The number of benzene rings is 2. The van der Waals surface area contributed by atoms with Gasteiger partial charge in [-0.2, -0.15) is 0 Å². The molecule has 0 radical (unpaired) electrons. The first-order valence-corrected chi connectivity index (χ1v) is 12.0. The number of imidazole rings is 1. The van der Waals surface area contributed by atoms with Crippen molar-refractivity contribution in [3.63, 3.8) is 0 Å². The number of carbonyl (C=O) groups excluding carboxylic acids is 3. The molecule has 38 heavy (non-hydrogen) atoms. The molecule has 1 saturated carbocycles. The van der Waals surface area contributed by atoms with Crippen LogP contribution in [0.4, 0.5) is 21.6 Å². The quantitative estimate of drug-likeness (QED) is 0.294. The van der Waals surface area contributed by atoms with Crippen LogP contribution in [0.5, 0.6) is 11.6 Å². The molecule has 3 N–H and O–H groups in total. The maximum Gasteiger partial charge on any atom is 0.239 e. The second-order valence-electron chi connectivity index (χ2n) is 9.51. The first kappa shape index (κ1) is 24.9. The zero-order chi connectivity index (χ0) is 26.9. The second-order valence-corrected chi connectivity index (χ2v) is 9.51. The fourth-order valence-corrected chi connectivity index (χ4v) is 3.52. The van der Waals surface area contributed by atoms with E-state index in [1.165, 1.54) is 30.5 Å². The molecule has 0 spiro atoms. The van der Waals surface area contributed by atoms with E-state index in [0.717, 1.165) is 18.9 Å². The molecule has 0 aliphatic heterocycles. The topological polar surface area (TPSA) is 127 Å². The fourth-order valence-electron chi connectivity index (χ4n) is 3.52. The number of fused-ring (bicyclic) bond motifs is 1. The summed E-state index contributed by atoms with van der Waals surface area (Å²) in [6.07, 6.45) is 3.34. The van der Waals surface area contributed by atoms with Gasteiger partial charge in [-0.3, -0.25) is 14.4 Å². The third kappa shape index (κ3) is 5.46. The fraction of sp³-hybridized carbons (Fsp3) is 0.222. The highest BCUT2D eigenvalue weighted by atomic mass is 19.1. The number of ether oxygens (including phenoxy) is 1. The van der Waals surface area contributed by atoms with Crippen molar-refractivity contribution in [2.45, 2.75) is 26.7 Å². The maximum atomic E-state index is 14.8. The van der Waals surface area contributed by atoms with Crippen molar-refractivity contribution in [3.8, 4) is 11.6 Å². The average Bonchev–Trinajstić information content (AvgIpc) is 3.67. The molecular formula is C27H25FN6O4. The highest BCUT2D eigenvalue weighted by Gasteiger charge is 2.36. The third-order valence-electron chi connectivity index (χ3n) is 6.07.